The predicted molar refractivity (Wildman–Crippen MR) is 69.5 cm³/mol. The van der Waals surface area contributed by atoms with E-state index in [1.165, 1.54) is 0 Å². The number of ether oxygens (including phenoxy) is 1. The van der Waals surface area contributed by atoms with Gasteiger partial charge < -0.3 is 14.4 Å². The van der Waals surface area contributed by atoms with Crippen LogP contribution in [0.25, 0.3) is 0 Å². The molecule has 0 spiro atoms. The second-order valence-electron chi connectivity index (χ2n) is 5.65. The average Bonchev–Trinajstić information content (AvgIpc) is 2.74. The molecule has 108 valence electrons. The van der Waals surface area contributed by atoms with Crippen molar-refractivity contribution in [1.29, 1.82) is 0 Å². The zero-order chi connectivity index (χ0) is 13.8. The van der Waals surface area contributed by atoms with Gasteiger partial charge in [0.2, 0.25) is 5.89 Å². The molecule has 0 saturated carbocycles. The highest BCUT2D eigenvalue weighted by Crippen LogP contribution is 2.14. The summed E-state index contributed by atoms with van der Waals surface area (Å²) in [4.78, 5) is 6.58. The zero-order valence-electron chi connectivity index (χ0n) is 11.9. The number of aromatic nitrogens is 2. The van der Waals surface area contributed by atoms with Gasteiger partial charge in [0.25, 0.3) is 0 Å². The molecule has 1 fully saturated rings. The maximum atomic E-state index is 9.19. The minimum Gasteiger partial charge on any atom is -0.394 e. The first kappa shape index (κ1) is 14.4. The van der Waals surface area contributed by atoms with Crippen LogP contribution in [0.2, 0.25) is 0 Å². The number of nitrogens with zero attached hydrogens (tertiary/aromatic N) is 3. The monoisotopic (exact) mass is 269 g/mol. The quantitative estimate of drug-likeness (QED) is 0.854. The first-order valence-electron chi connectivity index (χ1n) is 6.87. The van der Waals surface area contributed by atoms with Crippen LogP contribution in [0.15, 0.2) is 4.52 Å². The molecule has 2 unspecified atom stereocenters. The van der Waals surface area contributed by atoms with Crippen molar-refractivity contribution in [2.75, 3.05) is 19.7 Å². The number of morpholine rings is 1. The Labute approximate surface area is 113 Å². The van der Waals surface area contributed by atoms with Crippen molar-refractivity contribution in [1.82, 2.24) is 15.0 Å². The van der Waals surface area contributed by atoms with Gasteiger partial charge in [0.15, 0.2) is 5.82 Å². The van der Waals surface area contributed by atoms with Gasteiger partial charge in [-0.3, -0.25) is 4.90 Å². The second-order valence-corrected chi connectivity index (χ2v) is 5.65. The Kier molecular flexibility index (Phi) is 4.90. The SMILES string of the molecule is CC(C)Cc1noc(CN2CC(C)OC(CO)C2)n1. The van der Waals surface area contributed by atoms with Gasteiger partial charge in [-0.05, 0) is 12.8 Å². The molecule has 1 N–H and O–H groups in total. The molecular weight excluding hydrogens is 246 g/mol. The molecule has 0 amide bonds. The van der Waals surface area contributed by atoms with E-state index in [9.17, 15) is 5.11 Å². The summed E-state index contributed by atoms with van der Waals surface area (Å²) in [6.07, 6.45) is 0.827. The molecule has 1 aliphatic rings. The maximum Gasteiger partial charge on any atom is 0.240 e. The van der Waals surface area contributed by atoms with Crippen LogP contribution >= 0.6 is 0 Å². The number of rotatable bonds is 5. The van der Waals surface area contributed by atoms with E-state index in [4.69, 9.17) is 9.26 Å². The highest BCUT2D eigenvalue weighted by Gasteiger charge is 2.26. The Bertz CT molecular complexity index is 394. The molecule has 0 aliphatic carbocycles. The standard InChI is InChI=1S/C13H23N3O3/c1-9(2)4-12-14-13(19-15-12)7-16-5-10(3)18-11(6-16)8-17/h9-11,17H,4-8H2,1-3H3. The van der Waals surface area contributed by atoms with Gasteiger partial charge in [-0.25, -0.2) is 0 Å². The van der Waals surface area contributed by atoms with Crippen LogP contribution in [0.5, 0.6) is 0 Å². The lowest BCUT2D eigenvalue weighted by Crippen LogP contribution is -2.47. The predicted octanol–water partition coefficient (Wildman–Crippen LogP) is 0.850. The molecular formula is C13H23N3O3. The molecule has 2 heterocycles. The third kappa shape index (κ3) is 4.26. The van der Waals surface area contributed by atoms with Crippen molar-refractivity contribution < 1.29 is 14.4 Å². The second kappa shape index (κ2) is 6.45. The van der Waals surface area contributed by atoms with E-state index in [1.807, 2.05) is 6.92 Å². The smallest absolute Gasteiger partial charge is 0.240 e. The summed E-state index contributed by atoms with van der Waals surface area (Å²) in [7, 11) is 0. The average molecular weight is 269 g/mol. The van der Waals surface area contributed by atoms with Crippen LogP contribution in [0.1, 0.15) is 32.5 Å². The van der Waals surface area contributed by atoms with E-state index < -0.39 is 0 Å². The van der Waals surface area contributed by atoms with E-state index >= 15 is 0 Å². The van der Waals surface area contributed by atoms with Crippen LogP contribution in [-0.2, 0) is 17.7 Å². The highest BCUT2D eigenvalue weighted by atomic mass is 16.5. The minimum atomic E-state index is -0.123. The normalized spacial score (nSPS) is 25.1. The third-order valence-corrected chi connectivity index (χ3v) is 3.07. The molecule has 19 heavy (non-hydrogen) atoms. The summed E-state index contributed by atoms with van der Waals surface area (Å²) in [5.41, 5.74) is 0. The van der Waals surface area contributed by atoms with E-state index in [1.54, 1.807) is 0 Å². The van der Waals surface area contributed by atoms with Crippen molar-refractivity contribution in [3.63, 3.8) is 0 Å². The molecule has 0 bridgehead atoms. The van der Waals surface area contributed by atoms with Crippen molar-refractivity contribution in [2.24, 2.45) is 5.92 Å². The van der Waals surface area contributed by atoms with E-state index in [0.29, 0.717) is 24.9 Å². The summed E-state index contributed by atoms with van der Waals surface area (Å²) in [6.45, 7) is 8.45. The van der Waals surface area contributed by atoms with E-state index in [0.717, 1.165) is 18.8 Å². The lowest BCUT2D eigenvalue weighted by Gasteiger charge is -2.35. The fourth-order valence-electron chi connectivity index (χ4n) is 2.36. The largest absolute Gasteiger partial charge is 0.394 e. The first-order valence-corrected chi connectivity index (χ1v) is 6.87. The number of hydrogen-bond acceptors (Lipinski definition) is 6. The first-order chi connectivity index (χ1) is 9.06. The minimum absolute atomic E-state index is 0.0449. The molecule has 1 aromatic heterocycles. The summed E-state index contributed by atoms with van der Waals surface area (Å²) in [5, 5.41) is 13.2. The summed E-state index contributed by atoms with van der Waals surface area (Å²) < 4.78 is 10.9. The van der Waals surface area contributed by atoms with Crippen molar-refractivity contribution in [3.8, 4) is 0 Å². The molecule has 2 rings (SSSR count). The molecule has 1 saturated heterocycles. The highest BCUT2D eigenvalue weighted by molar-refractivity contribution is 4.88. The number of aliphatic hydroxyl groups is 1. The van der Waals surface area contributed by atoms with Crippen molar-refractivity contribution >= 4 is 0 Å². The third-order valence-electron chi connectivity index (χ3n) is 3.07. The summed E-state index contributed by atoms with van der Waals surface area (Å²) >= 11 is 0. The lowest BCUT2D eigenvalue weighted by molar-refractivity contribution is -0.0988. The van der Waals surface area contributed by atoms with E-state index in [-0.39, 0.29) is 18.8 Å². The van der Waals surface area contributed by atoms with Crippen LogP contribution < -0.4 is 0 Å². The molecule has 6 heteroatoms. The van der Waals surface area contributed by atoms with Gasteiger partial charge in [0, 0.05) is 19.5 Å². The fourth-order valence-corrected chi connectivity index (χ4v) is 2.36. The molecule has 6 nitrogen and oxygen atoms in total. The lowest BCUT2D eigenvalue weighted by atomic mass is 10.1. The van der Waals surface area contributed by atoms with Crippen LogP contribution in [0.4, 0.5) is 0 Å². The van der Waals surface area contributed by atoms with Gasteiger partial charge in [-0.1, -0.05) is 19.0 Å². The van der Waals surface area contributed by atoms with Gasteiger partial charge in [-0.15, -0.1) is 0 Å². The van der Waals surface area contributed by atoms with Crippen LogP contribution in [-0.4, -0.2) is 52.1 Å². The molecule has 1 aromatic rings. The van der Waals surface area contributed by atoms with Crippen molar-refractivity contribution in [3.05, 3.63) is 11.7 Å². The Hall–Kier alpha value is -0.980. The Balaban J connectivity index is 1.91. The van der Waals surface area contributed by atoms with Crippen LogP contribution in [0, 0.1) is 5.92 Å². The fraction of sp³-hybridized carbons (Fsp3) is 0.846. The molecule has 0 radical (unpaired) electrons. The van der Waals surface area contributed by atoms with Gasteiger partial charge in [0.05, 0.1) is 25.4 Å². The maximum absolute atomic E-state index is 9.19. The zero-order valence-corrected chi connectivity index (χ0v) is 11.9. The van der Waals surface area contributed by atoms with Crippen molar-refractivity contribution in [2.45, 2.75) is 45.9 Å². The van der Waals surface area contributed by atoms with Gasteiger partial charge in [0.1, 0.15) is 0 Å². The topological polar surface area (TPSA) is 71.6 Å². The number of hydrogen-bond donors (Lipinski definition) is 1. The summed E-state index contributed by atoms with van der Waals surface area (Å²) in [6, 6.07) is 0. The van der Waals surface area contributed by atoms with Gasteiger partial charge in [-0.2, -0.15) is 4.98 Å². The van der Waals surface area contributed by atoms with Crippen LogP contribution in [0.3, 0.4) is 0 Å². The van der Waals surface area contributed by atoms with Gasteiger partial charge >= 0.3 is 0 Å². The Morgan fingerprint density at radius 1 is 1.42 bits per heavy atom. The number of aliphatic hydroxyl groups excluding tert-OH is 1. The Morgan fingerprint density at radius 3 is 2.89 bits per heavy atom. The summed E-state index contributed by atoms with van der Waals surface area (Å²) in [5.74, 6) is 1.93. The Morgan fingerprint density at radius 2 is 2.21 bits per heavy atom. The molecule has 0 aromatic carbocycles. The molecule has 2 atom stereocenters. The molecule has 1 aliphatic heterocycles. The van der Waals surface area contributed by atoms with E-state index in [2.05, 4.69) is 28.9 Å².